The minimum atomic E-state index is -0.128. The Morgan fingerprint density at radius 1 is 1.07 bits per heavy atom. The monoisotopic (exact) mass is 383 g/mol. The summed E-state index contributed by atoms with van der Waals surface area (Å²) in [5, 5.41) is 2.94. The number of anilines is 2. The summed E-state index contributed by atoms with van der Waals surface area (Å²) in [5.41, 5.74) is 1.62. The number of piperazine rings is 1. The molecule has 1 aliphatic rings. The molecule has 0 spiro atoms. The summed E-state index contributed by atoms with van der Waals surface area (Å²) < 4.78 is 5.22. The number of methoxy groups -OCH3 is 1. The predicted molar refractivity (Wildman–Crippen MR) is 111 cm³/mol. The number of carbonyl (C=O) groups is 1. The molecule has 28 heavy (non-hydrogen) atoms. The first-order valence-corrected chi connectivity index (χ1v) is 9.95. The topological polar surface area (TPSA) is 70.6 Å². The summed E-state index contributed by atoms with van der Waals surface area (Å²) in [5.74, 6) is 1.54. The fourth-order valence-electron chi connectivity index (χ4n) is 3.30. The Labute approximate surface area is 166 Å². The van der Waals surface area contributed by atoms with E-state index in [0.717, 1.165) is 57.0 Å². The van der Waals surface area contributed by atoms with E-state index in [-0.39, 0.29) is 5.91 Å². The molecule has 0 bridgehead atoms. The van der Waals surface area contributed by atoms with Crippen LogP contribution >= 0.6 is 0 Å². The van der Waals surface area contributed by atoms with Crippen LogP contribution in [0.1, 0.15) is 36.7 Å². The molecule has 1 aromatic heterocycles. The van der Waals surface area contributed by atoms with Crippen LogP contribution in [0.4, 0.5) is 11.5 Å². The Bertz CT molecular complexity index is 758. The molecular weight excluding hydrogens is 354 g/mol. The minimum absolute atomic E-state index is 0.128. The number of carbonyl (C=O) groups excluding carboxylic acids is 1. The molecule has 1 fully saturated rings. The van der Waals surface area contributed by atoms with Gasteiger partial charge in [0.25, 0.3) is 5.91 Å². The van der Waals surface area contributed by atoms with Gasteiger partial charge in [-0.05, 0) is 30.7 Å². The van der Waals surface area contributed by atoms with Crippen LogP contribution in [0.3, 0.4) is 0 Å². The van der Waals surface area contributed by atoms with Gasteiger partial charge in [-0.15, -0.1) is 0 Å². The first-order valence-electron chi connectivity index (χ1n) is 9.95. The van der Waals surface area contributed by atoms with E-state index in [1.54, 1.807) is 13.2 Å². The van der Waals surface area contributed by atoms with Gasteiger partial charge in [-0.3, -0.25) is 4.79 Å². The zero-order valence-electron chi connectivity index (χ0n) is 16.7. The molecule has 0 aliphatic carbocycles. The van der Waals surface area contributed by atoms with Crippen molar-refractivity contribution in [3.63, 3.8) is 0 Å². The SMILES string of the molecule is CCCCCNC(=O)c1cc(N2CCN(c3ccc(OC)cc3)CC2)ncn1. The summed E-state index contributed by atoms with van der Waals surface area (Å²) in [7, 11) is 1.68. The number of aromatic nitrogens is 2. The molecule has 1 saturated heterocycles. The lowest BCUT2D eigenvalue weighted by Gasteiger charge is -2.36. The van der Waals surface area contributed by atoms with E-state index >= 15 is 0 Å². The van der Waals surface area contributed by atoms with Gasteiger partial charge in [0.15, 0.2) is 0 Å². The smallest absolute Gasteiger partial charge is 0.270 e. The van der Waals surface area contributed by atoms with Crippen molar-refractivity contribution in [1.82, 2.24) is 15.3 Å². The van der Waals surface area contributed by atoms with Crippen LogP contribution in [0.15, 0.2) is 36.7 Å². The second-order valence-electron chi connectivity index (χ2n) is 6.90. The Hall–Kier alpha value is -2.83. The van der Waals surface area contributed by atoms with Gasteiger partial charge in [-0.1, -0.05) is 19.8 Å². The van der Waals surface area contributed by atoms with Crippen molar-refractivity contribution in [2.75, 3.05) is 49.6 Å². The standard InChI is InChI=1S/C21H29N5O2/c1-3-4-5-10-22-21(27)19-15-20(24-16-23-19)26-13-11-25(12-14-26)17-6-8-18(28-2)9-7-17/h6-9,15-16H,3-5,10-14H2,1-2H3,(H,22,27). The van der Waals surface area contributed by atoms with Gasteiger partial charge in [-0.2, -0.15) is 0 Å². The molecule has 150 valence electrons. The van der Waals surface area contributed by atoms with Crippen LogP contribution < -0.4 is 19.9 Å². The zero-order valence-corrected chi connectivity index (χ0v) is 16.7. The average molecular weight is 383 g/mol. The quantitative estimate of drug-likeness (QED) is 0.707. The lowest BCUT2D eigenvalue weighted by atomic mass is 10.2. The fourth-order valence-corrected chi connectivity index (χ4v) is 3.30. The highest BCUT2D eigenvalue weighted by molar-refractivity contribution is 5.92. The second kappa shape index (κ2) is 9.92. The second-order valence-corrected chi connectivity index (χ2v) is 6.90. The van der Waals surface area contributed by atoms with E-state index in [1.807, 2.05) is 12.1 Å². The lowest BCUT2D eigenvalue weighted by molar-refractivity contribution is 0.0948. The maximum Gasteiger partial charge on any atom is 0.270 e. The number of nitrogens with zero attached hydrogens (tertiary/aromatic N) is 4. The third-order valence-electron chi connectivity index (χ3n) is 4.99. The third kappa shape index (κ3) is 5.12. The molecule has 0 saturated carbocycles. The van der Waals surface area contributed by atoms with Crippen LogP contribution in [-0.2, 0) is 0 Å². The predicted octanol–water partition coefficient (Wildman–Crippen LogP) is 2.73. The molecule has 1 aromatic carbocycles. The van der Waals surface area contributed by atoms with Gasteiger partial charge in [0.1, 0.15) is 23.6 Å². The van der Waals surface area contributed by atoms with Crippen LogP contribution in [0.25, 0.3) is 0 Å². The van der Waals surface area contributed by atoms with E-state index < -0.39 is 0 Å². The highest BCUT2D eigenvalue weighted by Crippen LogP contribution is 2.22. The maximum absolute atomic E-state index is 12.3. The number of hydrogen-bond acceptors (Lipinski definition) is 6. The van der Waals surface area contributed by atoms with E-state index in [2.05, 4.69) is 44.1 Å². The Balaban J connectivity index is 1.55. The number of unbranched alkanes of at least 4 members (excludes halogenated alkanes) is 2. The number of nitrogens with one attached hydrogen (secondary N) is 1. The molecule has 0 unspecified atom stereocenters. The summed E-state index contributed by atoms with van der Waals surface area (Å²) in [6, 6.07) is 9.92. The van der Waals surface area contributed by atoms with Gasteiger partial charge in [0.2, 0.25) is 0 Å². The zero-order chi connectivity index (χ0) is 19.8. The molecule has 7 heteroatoms. The molecule has 1 amide bonds. The molecular formula is C21H29N5O2. The molecule has 2 aromatic rings. The number of hydrogen-bond donors (Lipinski definition) is 1. The van der Waals surface area contributed by atoms with Gasteiger partial charge in [-0.25, -0.2) is 9.97 Å². The fraction of sp³-hybridized carbons (Fsp3) is 0.476. The third-order valence-corrected chi connectivity index (χ3v) is 4.99. The Morgan fingerprint density at radius 3 is 2.46 bits per heavy atom. The van der Waals surface area contributed by atoms with Crippen molar-refractivity contribution in [3.8, 4) is 5.75 Å². The van der Waals surface area contributed by atoms with Gasteiger partial charge in [0, 0.05) is 44.5 Å². The van der Waals surface area contributed by atoms with Crippen molar-refractivity contribution >= 4 is 17.4 Å². The highest BCUT2D eigenvalue weighted by Gasteiger charge is 2.19. The van der Waals surface area contributed by atoms with Crippen LogP contribution in [0.2, 0.25) is 0 Å². The highest BCUT2D eigenvalue weighted by atomic mass is 16.5. The maximum atomic E-state index is 12.3. The van der Waals surface area contributed by atoms with E-state index in [9.17, 15) is 4.79 Å². The number of amides is 1. The average Bonchev–Trinajstić information content (AvgIpc) is 2.77. The van der Waals surface area contributed by atoms with E-state index in [1.165, 1.54) is 12.0 Å². The summed E-state index contributed by atoms with van der Waals surface area (Å²) >= 11 is 0. The molecule has 0 atom stereocenters. The van der Waals surface area contributed by atoms with E-state index in [4.69, 9.17) is 4.74 Å². The van der Waals surface area contributed by atoms with Crippen LogP contribution in [-0.4, -0.2) is 55.7 Å². The largest absolute Gasteiger partial charge is 0.497 e. The van der Waals surface area contributed by atoms with Crippen molar-refractivity contribution in [3.05, 3.63) is 42.4 Å². The summed E-state index contributed by atoms with van der Waals surface area (Å²) in [6.45, 7) is 6.32. The van der Waals surface area contributed by atoms with Gasteiger partial charge < -0.3 is 19.9 Å². The molecule has 2 heterocycles. The molecule has 3 rings (SSSR count). The van der Waals surface area contributed by atoms with Crippen molar-refractivity contribution < 1.29 is 9.53 Å². The van der Waals surface area contributed by atoms with Crippen molar-refractivity contribution in [1.29, 1.82) is 0 Å². The van der Waals surface area contributed by atoms with Crippen LogP contribution in [0, 0.1) is 0 Å². The number of rotatable bonds is 8. The molecule has 1 aliphatic heterocycles. The molecule has 0 radical (unpaired) electrons. The first kappa shape index (κ1) is 19.9. The molecule has 7 nitrogen and oxygen atoms in total. The summed E-state index contributed by atoms with van der Waals surface area (Å²) in [6.07, 6.45) is 4.73. The number of benzene rings is 1. The van der Waals surface area contributed by atoms with Gasteiger partial charge in [0.05, 0.1) is 7.11 Å². The molecule has 1 N–H and O–H groups in total. The Morgan fingerprint density at radius 2 is 1.79 bits per heavy atom. The van der Waals surface area contributed by atoms with Crippen LogP contribution in [0.5, 0.6) is 5.75 Å². The number of ether oxygens (including phenoxy) is 1. The summed E-state index contributed by atoms with van der Waals surface area (Å²) in [4.78, 5) is 25.4. The van der Waals surface area contributed by atoms with Crippen molar-refractivity contribution in [2.24, 2.45) is 0 Å². The lowest BCUT2D eigenvalue weighted by Crippen LogP contribution is -2.47. The Kier molecular flexibility index (Phi) is 7.06. The van der Waals surface area contributed by atoms with Gasteiger partial charge >= 0.3 is 0 Å². The normalized spacial score (nSPS) is 14.1. The van der Waals surface area contributed by atoms with E-state index in [0.29, 0.717) is 12.2 Å². The first-order chi connectivity index (χ1) is 13.7. The minimum Gasteiger partial charge on any atom is -0.497 e. The van der Waals surface area contributed by atoms with Crippen molar-refractivity contribution in [2.45, 2.75) is 26.2 Å².